The van der Waals surface area contributed by atoms with E-state index >= 15 is 0 Å². The van der Waals surface area contributed by atoms with E-state index in [0.717, 1.165) is 24.1 Å². The Morgan fingerprint density at radius 1 is 1.08 bits per heavy atom. The van der Waals surface area contributed by atoms with Crippen LogP contribution in [0.5, 0.6) is 0 Å². The topological polar surface area (TPSA) is 58.4 Å². The molecule has 0 aliphatic rings. The Labute approximate surface area is 155 Å². The molecular formula is C20H28N4O2. The lowest BCUT2D eigenvalue weighted by molar-refractivity contribution is 0.0743. The summed E-state index contributed by atoms with van der Waals surface area (Å²) in [5, 5.41) is 4.26. The summed E-state index contributed by atoms with van der Waals surface area (Å²) in [6.07, 6.45) is 1.83. The lowest BCUT2D eigenvalue weighted by atomic mass is 10.2. The summed E-state index contributed by atoms with van der Waals surface area (Å²) in [5.74, 6) is -0.158. The average Bonchev–Trinajstić information content (AvgIpc) is 2.65. The first-order chi connectivity index (χ1) is 12.5. The van der Waals surface area contributed by atoms with Gasteiger partial charge in [-0.1, -0.05) is 25.5 Å². The van der Waals surface area contributed by atoms with Crippen LogP contribution < -0.4 is 10.5 Å². The third-order valence-electron chi connectivity index (χ3n) is 4.30. The van der Waals surface area contributed by atoms with Gasteiger partial charge in [0, 0.05) is 45.5 Å². The third-order valence-corrected chi connectivity index (χ3v) is 4.30. The number of unbranched alkanes of at least 4 members (excludes halogenated alkanes) is 1. The Kier molecular flexibility index (Phi) is 6.95. The summed E-state index contributed by atoms with van der Waals surface area (Å²) in [6.45, 7) is 5.62. The van der Waals surface area contributed by atoms with Crippen molar-refractivity contribution in [3.63, 3.8) is 0 Å². The molecule has 26 heavy (non-hydrogen) atoms. The fourth-order valence-corrected chi connectivity index (χ4v) is 2.64. The summed E-state index contributed by atoms with van der Waals surface area (Å²) < 4.78 is 1.39. The molecule has 0 bridgehead atoms. The van der Waals surface area contributed by atoms with Crippen LogP contribution in [-0.2, 0) is 13.1 Å². The highest BCUT2D eigenvalue weighted by Gasteiger charge is 2.17. The largest absolute Gasteiger partial charge is 0.378 e. The number of aryl methyl sites for hydroxylation is 1. The quantitative estimate of drug-likeness (QED) is 0.730. The van der Waals surface area contributed by atoms with Crippen molar-refractivity contribution in [2.45, 2.75) is 39.8 Å². The predicted molar refractivity (Wildman–Crippen MR) is 105 cm³/mol. The monoisotopic (exact) mass is 356 g/mol. The maximum Gasteiger partial charge on any atom is 0.274 e. The van der Waals surface area contributed by atoms with Gasteiger partial charge in [0.1, 0.15) is 5.69 Å². The molecule has 6 heteroatoms. The number of anilines is 1. The minimum Gasteiger partial charge on any atom is -0.378 e. The van der Waals surface area contributed by atoms with E-state index in [0.29, 0.717) is 25.3 Å². The number of rotatable bonds is 8. The van der Waals surface area contributed by atoms with Gasteiger partial charge >= 0.3 is 0 Å². The predicted octanol–water partition coefficient (Wildman–Crippen LogP) is 2.77. The Balaban J connectivity index is 2.16. The van der Waals surface area contributed by atoms with Crippen LogP contribution >= 0.6 is 0 Å². The zero-order valence-corrected chi connectivity index (χ0v) is 16.1. The Bertz CT molecular complexity index is 781. The van der Waals surface area contributed by atoms with Gasteiger partial charge in [0.25, 0.3) is 11.5 Å². The normalized spacial score (nSPS) is 10.6. The third kappa shape index (κ3) is 4.94. The first-order valence-corrected chi connectivity index (χ1v) is 9.10. The number of hydrogen-bond donors (Lipinski definition) is 0. The molecule has 0 unspecified atom stereocenters. The Hall–Kier alpha value is -2.63. The van der Waals surface area contributed by atoms with Crippen molar-refractivity contribution >= 4 is 11.6 Å². The smallest absolute Gasteiger partial charge is 0.274 e. The Morgan fingerprint density at radius 2 is 1.77 bits per heavy atom. The molecule has 0 saturated heterocycles. The maximum absolute atomic E-state index is 12.8. The van der Waals surface area contributed by atoms with Crippen molar-refractivity contribution in [1.82, 2.24) is 14.7 Å². The van der Waals surface area contributed by atoms with Crippen LogP contribution in [0.15, 0.2) is 41.2 Å². The van der Waals surface area contributed by atoms with Gasteiger partial charge in [-0.05, 0) is 37.1 Å². The molecule has 6 nitrogen and oxygen atoms in total. The highest BCUT2D eigenvalue weighted by atomic mass is 16.2. The standard InChI is InChI=1S/C20H28N4O2/c1-5-7-14-24-19(25)13-12-18(21-24)20(26)23(6-2)15-16-8-10-17(11-9-16)22(3)4/h8-13H,5-7,14-15H2,1-4H3. The van der Waals surface area contributed by atoms with Crippen molar-refractivity contribution in [3.8, 4) is 0 Å². The molecule has 0 aliphatic carbocycles. The summed E-state index contributed by atoms with van der Waals surface area (Å²) >= 11 is 0. The molecule has 0 radical (unpaired) electrons. The van der Waals surface area contributed by atoms with Crippen molar-refractivity contribution in [2.75, 3.05) is 25.5 Å². The second-order valence-corrected chi connectivity index (χ2v) is 6.51. The van der Waals surface area contributed by atoms with E-state index < -0.39 is 0 Å². The molecule has 0 N–H and O–H groups in total. The molecule has 0 spiro atoms. The fourth-order valence-electron chi connectivity index (χ4n) is 2.64. The van der Waals surface area contributed by atoms with Crippen LogP contribution in [0.25, 0.3) is 0 Å². The summed E-state index contributed by atoms with van der Waals surface area (Å²) in [6, 6.07) is 11.1. The van der Waals surface area contributed by atoms with Gasteiger partial charge in [-0.3, -0.25) is 9.59 Å². The fraction of sp³-hybridized carbons (Fsp3) is 0.450. The van der Waals surface area contributed by atoms with Crippen molar-refractivity contribution in [1.29, 1.82) is 0 Å². The number of aromatic nitrogens is 2. The molecule has 140 valence electrons. The molecule has 0 fully saturated rings. The minimum absolute atomic E-state index is 0.158. The number of amides is 1. The highest BCUT2D eigenvalue weighted by Crippen LogP contribution is 2.14. The van der Waals surface area contributed by atoms with E-state index in [1.807, 2.05) is 50.2 Å². The number of nitrogens with zero attached hydrogens (tertiary/aromatic N) is 4. The first-order valence-electron chi connectivity index (χ1n) is 9.10. The van der Waals surface area contributed by atoms with E-state index in [2.05, 4.69) is 12.0 Å². The molecule has 0 aliphatic heterocycles. The molecule has 1 amide bonds. The Morgan fingerprint density at radius 3 is 2.35 bits per heavy atom. The van der Waals surface area contributed by atoms with Crippen molar-refractivity contribution in [3.05, 3.63) is 58.0 Å². The maximum atomic E-state index is 12.8. The second kappa shape index (κ2) is 9.17. The summed E-state index contributed by atoms with van der Waals surface area (Å²) in [5.41, 5.74) is 2.32. The van der Waals surface area contributed by atoms with E-state index in [1.54, 1.807) is 4.90 Å². The number of carbonyl (C=O) groups excluding carboxylic acids is 1. The first kappa shape index (κ1) is 19.7. The summed E-state index contributed by atoms with van der Waals surface area (Å²) in [4.78, 5) is 28.5. The zero-order chi connectivity index (χ0) is 19.1. The molecule has 0 atom stereocenters. The van der Waals surface area contributed by atoms with Crippen LogP contribution in [0.2, 0.25) is 0 Å². The van der Waals surface area contributed by atoms with Gasteiger partial charge in [0.2, 0.25) is 0 Å². The number of carbonyl (C=O) groups is 1. The van der Waals surface area contributed by atoms with Crippen LogP contribution in [0.4, 0.5) is 5.69 Å². The van der Waals surface area contributed by atoms with Crippen LogP contribution in [0.3, 0.4) is 0 Å². The van der Waals surface area contributed by atoms with Crippen LogP contribution in [-0.4, -0.2) is 41.2 Å². The van der Waals surface area contributed by atoms with Gasteiger partial charge in [0.15, 0.2) is 0 Å². The van der Waals surface area contributed by atoms with Crippen LogP contribution in [0.1, 0.15) is 42.7 Å². The number of hydrogen-bond acceptors (Lipinski definition) is 4. The van der Waals surface area contributed by atoms with E-state index in [-0.39, 0.29) is 11.5 Å². The van der Waals surface area contributed by atoms with E-state index in [1.165, 1.54) is 16.8 Å². The van der Waals surface area contributed by atoms with Gasteiger partial charge in [-0.2, -0.15) is 5.10 Å². The van der Waals surface area contributed by atoms with Gasteiger partial charge < -0.3 is 9.80 Å². The second-order valence-electron chi connectivity index (χ2n) is 6.51. The molecule has 2 rings (SSSR count). The van der Waals surface area contributed by atoms with E-state index in [9.17, 15) is 9.59 Å². The molecule has 1 aromatic heterocycles. The zero-order valence-electron chi connectivity index (χ0n) is 16.1. The highest BCUT2D eigenvalue weighted by molar-refractivity contribution is 5.92. The minimum atomic E-state index is -0.169. The molecular weight excluding hydrogens is 328 g/mol. The molecule has 1 heterocycles. The van der Waals surface area contributed by atoms with E-state index in [4.69, 9.17) is 0 Å². The lowest BCUT2D eigenvalue weighted by Crippen LogP contribution is -2.33. The van der Waals surface area contributed by atoms with Gasteiger partial charge in [-0.25, -0.2) is 4.68 Å². The molecule has 2 aromatic rings. The van der Waals surface area contributed by atoms with Crippen molar-refractivity contribution < 1.29 is 4.79 Å². The average molecular weight is 356 g/mol. The molecule has 0 saturated carbocycles. The van der Waals surface area contributed by atoms with Crippen molar-refractivity contribution in [2.24, 2.45) is 0 Å². The van der Waals surface area contributed by atoms with Crippen LogP contribution in [0, 0.1) is 0 Å². The number of benzene rings is 1. The molecule has 1 aromatic carbocycles. The van der Waals surface area contributed by atoms with Gasteiger partial charge in [-0.15, -0.1) is 0 Å². The lowest BCUT2D eigenvalue weighted by Gasteiger charge is -2.21. The summed E-state index contributed by atoms with van der Waals surface area (Å²) in [7, 11) is 3.99. The SMILES string of the molecule is CCCCn1nc(C(=O)N(CC)Cc2ccc(N(C)C)cc2)ccc1=O. The van der Waals surface area contributed by atoms with Gasteiger partial charge in [0.05, 0.1) is 0 Å².